The molecule has 33 heavy (non-hydrogen) atoms. The van der Waals surface area contributed by atoms with Crippen LogP contribution in [0.4, 0.5) is 21.8 Å². The highest BCUT2D eigenvalue weighted by atomic mass is 19.1. The molecule has 5 rings (SSSR count). The van der Waals surface area contributed by atoms with Crippen LogP contribution in [0.1, 0.15) is 35.5 Å². The number of nitrogens with zero attached hydrogens (tertiary/aromatic N) is 5. The SMILES string of the molecule is CCNc1nc(Nc2ccc(-n3ncnc3C)c(F)c2)nc2c1CNCC2c1ccccc1. The van der Waals surface area contributed by atoms with Crippen LogP contribution in [0, 0.1) is 12.7 Å². The smallest absolute Gasteiger partial charge is 0.229 e. The summed E-state index contributed by atoms with van der Waals surface area (Å²) in [6.45, 7) is 6.04. The van der Waals surface area contributed by atoms with E-state index in [4.69, 9.17) is 9.97 Å². The van der Waals surface area contributed by atoms with Crippen LogP contribution in [0.5, 0.6) is 0 Å². The van der Waals surface area contributed by atoms with Crippen molar-refractivity contribution < 1.29 is 4.39 Å². The van der Waals surface area contributed by atoms with Crippen molar-refractivity contribution in [1.82, 2.24) is 30.0 Å². The molecule has 3 N–H and O–H groups in total. The zero-order valence-electron chi connectivity index (χ0n) is 18.5. The molecule has 0 saturated heterocycles. The first-order valence-corrected chi connectivity index (χ1v) is 11.0. The Balaban J connectivity index is 1.51. The van der Waals surface area contributed by atoms with E-state index in [1.54, 1.807) is 19.1 Å². The van der Waals surface area contributed by atoms with Gasteiger partial charge in [-0.1, -0.05) is 30.3 Å². The van der Waals surface area contributed by atoms with Gasteiger partial charge in [-0.05, 0) is 37.6 Å². The highest BCUT2D eigenvalue weighted by Crippen LogP contribution is 2.33. The Morgan fingerprint density at radius 3 is 2.73 bits per heavy atom. The molecule has 0 spiro atoms. The normalized spacial score (nSPS) is 15.2. The van der Waals surface area contributed by atoms with Crippen molar-refractivity contribution in [3.8, 4) is 5.69 Å². The summed E-state index contributed by atoms with van der Waals surface area (Å²) in [4.78, 5) is 13.6. The average molecular weight is 445 g/mol. The van der Waals surface area contributed by atoms with Crippen molar-refractivity contribution in [3.05, 3.63) is 83.3 Å². The third kappa shape index (κ3) is 4.14. The number of rotatable bonds is 6. The van der Waals surface area contributed by atoms with Crippen LogP contribution in [0.15, 0.2) is 54.9 Å². The van der Waals surface area contributed by atoms with Crippen molar-refractivity contribution in [1.29, 1.82) is 0 Å². The second-order valence-corrected chi connectivity index (χ2v) is 7.89. The maximum absolute atomic E-state index is 14.9. The maximum atomic E-state index is 14.9. The molecule has 2 aromatic heterocycles. The summed E-state index contributed by atoms with van der Waals surface area (Å²) in [7, 11) is 0. The molecule has 8 nitrogen and oxygen atoms in total. The van der Waals surface area contributed by atoms with E-state index in [2.05, 4.69) is 38.2 Å². The molecule has 0 bridgehead atoms. The van der Waals surface area contributed by atoms with Gasteiger partial charge in [0, 0.05) is 36.8 Å². The molecule has 2 aromatic carbocycles. The van der Waals surface area contributed by atoms with Crippen molar-refractivity contribution in [2.45, 2.75) is 26.3 Å². The zero-order valence-corrected chi connectivity index (χ0v) is 18.5. The monoisotopic (exact) mass is 444 g/mol. The lowest BCUT2D eigenvalue weighted by molar-refractivity contribution is 0.576. The van der Waals surface area contributed by atoms with Gasteiger partial charge in [-0.25, -0.2) is 19.0 Å². The van der Waals surface area contributed by atoms with Crippen LogP contribution in [-0.2, 0) is 6.54 Å². The van der Waals surface area contributed by atoms with Gasteiger partial charge in [-0.3, -0.25) is 0 Å². The number of aromatic nitrogens is 5. The summed E-state index contributed by atoms with van der Waals surface area (Å²) in [6.07, 6.45) is 1.40. The molecule has 0 amide bonds. The van der Waals surface area contributed by atoms with E-state index in [1.807, 2.05) is 25.1 Å². The summed E-state index contributed by atoms with van der Waals surface area (Å²) in [5.74, 6) is 1.52. The lowest BCUT2D eigenvalue weighted by Gasteiger charge is -2.28. The number of fused-ring (bicyclic) bond motifs is 1. The molecular formula is C24H25FN8. The Bertz CT molecular complexity index is 1270. The lowest BCUT2D eigenvalue weighted by atomic mass is 9.89. The summed E-state index contributed by atoms with van der Waals surface area (Å²) in [5.41, 5.74) is 4.12. The molecule has 4 aromatic rings. The first-order valence-electron chi connectivity index (χ1n) is 11.0. The van der Waals surface area contributed by atoms with E-state index in [0.717, 1.165) is 30.2 Å². The Morgan fingerprint density at radius 2 is 2.00 bits per heavy atom. The van der Waals surface area contributed by atoms with Crippen LogP contribution < -0.4 is 16.0 Å². The zero-order chi connectivity index (χ0) is 22.8. The van der Waals surface area contributed by atoms with Crippen LogP contribution in [-0.4, -0.2) is 37.8 Å². The van der Waals surface area contributed by atoms with Gasteiger partial charge in [-0.15, -0.1) is 0 Å². The Labute approximate surface area is 191 Å². The Morgan fingerprint density at radius 1 is 1.15 bits per heavy atom. The molecular weight excluding hydrogens is 419 g/mol. The minimum absolute atomic E-state index is 0.102. The van der Waals surface area contributed by atoms with Gasteiger partial charge in [0.05, 0.1) is 5.69 Å². The molecule has 1 aliphatic rings. The second kappa shape index (κ2) is 8.95. The third-order valence-electron chi connectivity index (χ3n) is 5.72. The number of benzene rings is 2. The molecule has 0 aliphatic carbocycles. The molecule has 0 fully saturated rings. The summed E-state index contributed by atoms with van der Waals surface area (Å²) >= 11 is 0. The highest BCUT2D eigenvalue weighted by Gasteiger charge is 2.27. The fourth-order valence-electron chi connectivity index (χ4n) is 4.15. The van der Waals surface area contributed by atoms with Crippen LogP contribution in [0.2, 0.25) is 0 Å². The van der Waals surface area contributed by atoms with E-state index < -0.39 is 5.82 Å². The number of aryl methyl sites for hydroxylation is 1. The van der Waals surface area contributed by atoms with Gasteiger partial charge in [-0.2, -0.15) is 10.1 Å². The van der Waals surface area contributed by atoms with E-state index in [-0.39, 0.29) is 5.92 Å². The van der Waals surface area contributed by atoms with Gasteiger partial charge in [0.1, 0.15) is 23.7 Å². The predicted molar refractivity (Wildman–Crippen MR) is 126 cm³/mol. The average Bonchev–Trinajstić information content (AvgIpc) is 3.25. The van der Waals surface area contributed by atoms with Gasteiger partial charge >= 0.3 is 0 Å². The van der Waals surface area contributed by atoms with Crippen molar-refractivity contribution in [3.63, 3.8) is 0 Å². The van der Waals surface area contributed by atoms with Gasteiger partial charge in [0.15, 0.2) is 5.82 Å². The van der Waals surface area contributed by atoms with Gasteiger partial charge in [0.2, 0.25) is 5.95 Å². The summed E-state index contributed by atoms with van der Waals surface area (Å²) in [6, 6.07) is 15.2. The predicted octanol–water partition coefficient (Wildman–Crippen LogP) is 3.92. The molecule has 168 valence electrons. The number of hydrogen-bond acceptors (Lipinski definition) is 7. The van der Waals surface area contributed by atoms with Crippen LogP contribution in [0.3, 0.4) is 0 Å². The quantitative estimate of drug-likeness (QED) is 0.415. The molecule has 1 unspecified atom stereocenters. The number of anilines is 3. The summed E-state index contributed by atoms with van der Waals surface area (Å²) in [5, 5.41) is 14.1. The van der Waals surface area contributed by atoms with Crippen LogP contribution >= 0.6 is 0 Å². The highest BCUT2D eigenvalue weighted by molar-refractivity contribution is 5.60. The molecule has 9 heteroatoms. The topological polar surface area (TPSA) is 92.6 Å². The number of nitrogens with one attached hydrogen (secondary N) is 3. The fraction of sp³-hybridized carbons (Fsp3) is 0.250. The third-order valence-corrected chi connectivity index (χ3v) is 5.72. The second-order valence-electron chi connectivity index (χ2n) is 7.89. The number of hydrogen-bond donors (Lipinski definition) is 3. The molecule has 1 aliphatic heterocycles. The maximum Gasteiger partial charge on any atom is 0.229 e. The first kappa shape index (κ1) is 21.0. The lowest BCUT2D eigenvalue weighted by Crippen LogP contribution is -2.31. The van der Waals surface area contributed by atoms with E-state index in [1.165, 1.54) is 22.6 Å². The van der Waals surface area contributed by atoms with Gasteiger partial charge < -0.3 is 16.0 Å². The van der Waals surface area contributed by atoms with Crippen LogP contribution in [0.25, 0.3) is 5.69 Å². The molecule has 1 atom stereocenters. The fourth-order valence-corrected chi connectivity index (χ4v) is 4.15. The van der Waals surface area contributed by atoms with Gasteiger partial charge in [0.25, 0.3) is 0 Å². The molecule has 0 saturated carbocycles. The standard InChI is InChI=1S/C24H25FN8/c1-3-27-23-19-13-26-12-18(16-7-5-4-6-8-16)22(19)31-24(32-23)30-17-9-10-21(20(25)11-17)33-15(2)28-14-29-33/h4-11,14,18,26H,3,12-13H2,1-2H3,(H2,27,30,31,32). The minimum Gasteiger partial charge on any atom is -0.370 e. The van der Waals surface area contributed by atoms with E-state index in [0.29, 0.717) is 29.7 Å². The molecule has 3 heterocycles. The minimum atomic E-state index is -0.412. The van der Waals surface area contributed by atoms with E-state index in [9.17, 15) is 4.39 Å². The van der Waals surface area contributed by atoms with E-state index >= 15 is 0 Å². The van der Waals surface area contributed by atoms with Crippen molar-refractivity contribution in [2.24, 2.45) is 0 Å². The number of halogens is 1. The summed E-state index contributed by atoms with van der Waals surface area (Å²) < 4.78 is 16.3. The first-order chi connectivity index (χ1) is 16.1. The van der Waals surface area contributed by atoms with Crippen molar-refractivity contribution in [2.75, 3.05) is 23.7 Å². The van der Waals surface area contributed by atoms with Crippen molar-refractivity contribution >= 4 is 17.5 Å². The largest absolute Gasteiger partial charge is 0.370 e. The Hall–Kier alpha value is -3.85. The molecule has 0 radical (unpaired) electrons. The Kier molecular flexibility index (Phi) is 5.70.